The van der Waals surface area contributed by atoms with Gasteiger partial charge in [-0.2, -0.15) is 0 Å². The topological polar surface area (TPSA) is 59.1 Å². The summed E-state index contributed by atoms with van der Waals surface area (Å²) in [5, 5.41) is 8.24. The molecule has 0 unspecified atom stereocenters. The lowest BCUT2D eigenvalue weighted by Gasteiger charge is -2.05. The average Bonchev–Trinajstić information content (AvgIpc) is 2.25. The highest BCUT2D eigenvalue weighted by Crippen LogP contribution is 2.12. The Bertz CT molecular complexity index is 311. The van der Waals surface area contributed by atoms with E-state index in [9.17, 15) is 0 Å². The molecule has 0 fully saturated rings. The number of hydrogen-bond donors (Lipinski definition) is 2. The predicted octanol–water partition coefficient (Wildman–Crippen LogP) is 2.52. The summed E-state index contributed by atoms with van der Waals surface area (Å²) in [6, 6.07) is 7.26. The van der Waals surface area contributed by atoms with Crippen molar-refractivity contribution in [3.8, 4) is 5.75 Å². The number of alkyl halides is 1. The summed E-state index contributed by atoms with van der Waals surface area (Å²) in [6.45, 7) is 0.727. The standard InChI is InChI=1S/C11H15BrN2O/c12-7-1-2-8-15-10-5-3-9(4-6-10)11(13)14/h3-6H,1-2,7-8H2,(H3,13,14). The Morgan fingerprint density at radius 2 is 1.93 bits per heavy atom. The first kappa shape index (κ1) is 12.0. The van der Waals surface area contributed by atoms with Crippen molar-refractivity contribution in [2.24, 2.45) is 5.73 Å². The van der Waals surface area contributed by atoms with Crippen molar-refractivity contribution in [1.82, 2.24) is 0 Å². The second-order valence-electron chi connectivity index (χ2n) is 3.18. The van der Waals surface area contributed by atoms with Gasteiger partial charge in [0, 0.05) is 10.9 Å². The number of amidine groups is 1. The molecule has 15 heavy (non-hydrogen) atoms. The maximum Gasteiger partial charge on any atom is 0.122 e. The van der Waals surface area contributed by atoms with Crippen molar-refractivity contribution in [3.05, 3.63) is 29.8 Å². The quantitative estimate of drug-likeness (QED) is 0.361. The first-order chi connectivity index (χ1) is 7.24. The number of ether oxygens (including phenoxy) is 1. The molecule has 1 rings (SSSR count). The molecule has 1 aromatic rings. The highest BCUT2D eigenvalue weighted by Gasteiger charge is 1.97. The summed E-state index contributed by atoms with van der Waals surface area (Å²) in [4.78, 5) is 0. The van der Waals surface area contributed by atoms with Gasteiger partial charge in [-0.25, -0.2) is 0 Å². The lowest BCUT2D eigenvalue weighted by molar-refractivity contribution is 0.310. The van der Waals surface area contributed by atoms with E-state index in [1.54, 1.807) is 12.1 Å². The van der Waals surface area contributed by atoms with Crippen LogP contribution in [0.2, 0.25) is 0 Å². The fourth-order valence-electron chi connectivity index (χ4n) is 1.12. The number of nitrogens with one attached hydrogen (secondary N) is 1. The number of benzene rings is 1. The molecule has 0 atom stereocenters. The molecule has 4 heteroatoms. The van der Waals surface area contributed by atoms with Gasteiger partial charge in [-0.15, -0.1) is 0 Å². The molecule has 82 valence electrons. The van der Waals surface area contributed by atoms with Gasteiger partial charge in [0.1, 0.15) is 11.6 Å². The van der Waals surface area contributed by atoms with Crippen molar-refractivity contribution in [2.75, 3.05) is 11.9 Å². The van der Waals surface area contributed by atoms with Crippen LogP contribution in [-0.2, 0) is 0 Å². The Morgan fingerprint density at radius 3 is 2.47 bits per heavy atom. The average molecular weight is 271 g/mol. The molecule has 0 aliphatic carbocycles. The Hall–Kier alpha value is -1.03. The van der Waals surface area contributed by atoms with E-state index in [1.807, 2.05) is 12.1 Å². The Balaban J connectivity index is 2.39. The SMILES string of the molecule is N=C(N)c1ccc(OCCCCBr)cc1. The minimum absolute atomic E-state index is 0.0841. The van der Waals surface area contributed by atoms with Crippen molar-refractivity contribution in [3.63, 3.8) is 0 Å². The van der Waals surface area contributed by atoms with Gasteiger partial charge in [-0.3, -0.25) is 5.41 Å². The van der Waals surface area contributed by atoms with Crippen LogP contribution in [0.4, 0.5) is 0 Å². The Morgan fingerprint density at radius 1 is 1.27 bits per heavy atom. The summed E-state index contributed by atoms with van der Waals surface area (Å²) >= 11 is 3.37. The van der Waals surface area contributed by atoms with E-state index in [-0.39, 0.29) is 5.84 Å². The van der Waals surface area contributed by atoms with Gasteiger partial charge >= 0.3 is 0 Å². The molecular formula is C11H15BrN2O. The van der Waals surface area contributed by atoms with Crippen LogP contribution >= 0.6 is 15.9 Å². The van der Waals surface area contributed by atoms with Gasteiger partial charge < -0.3 is 10.5 Å². The molecule has 0 aliphatic rings. The number of rotatable bonds is 6. The summed E-state index contributed by atoms with van der Waals surface area (Å²) in [5.41, 5.74) is 6.07. The van der Waals surface area contributed by atoms with Gasteiger partial charge in [0.05, 0.1) is 6.61 Å². The van der Waals surface area contributed by atoms with Crippen LogP contribution in [0.5, 0.6) is 5.75 Å². The molecular weight excluding hydrogens is 256 g/mol. The van der Waals surface area contributed by atoms with E-state index in [0.29, 0.717) is 0 Å². The third kappa shape index (κ3) is 4.34. The van der Waals surface area contributed by atoms with Crippen LogP contribution in [-0.4, -0.2) is 17.8 Å². The van der Waals surface area contributed by atoms with E-state index < -0.39 is 0 Å². The first-order valence-corrected chi connectivity index (χ1v) is 5.99. The molecule has 0 radical (unpaired) electrons. The van der Waals surface area contributed by atoms with Gasteiger partial charge in [0.2, 0.25) is 0 Å². The molecule has 3 nitrogen and oxygen atoms in total. The molecule has 0 amide bonds. The molecule has 0 aliphatic heterocycles. The Labute approximate surface area is 98.3 Å². The van der Waals surface area contributed by atoms with E-state index in [4.69, 9.17) is 15.9 Å². The summed E-state index contributed by atoms with van der Waals surface area (Å²) in [5.74, 6) is 0.912. The molecule has 0 saturated carbocycles. The normalized spacial score (nSPS) is 9.93. The van der Waals surface area contributed by atoms with Crippen LogP contribution in [0, 0.1) is 5.41 Å². The fourth-order valence-corrected chi connectivity index (χ4v) is 1.51. The van der Waals surface area contributed by atoms with Crippen LogP contribution in [0.1, 0.15) is 18.4 Å². The fraction of sp³-hybridized carbons (Fsp3) is 0.364. The maximum absolute atomic E-state index is 7.23. The van der Waals surface area contributed by atoms with Gasteiger partial charge in [-0.1, -0.05) is 15.9 Å². The van der Waals surface area contributed by atoms with E-state index in [1.165, 1.54) is 0 Å². The van der Waals surface area contributed by atoms with Crippen molar-refractivity contribution in [1.29, 1.82) is 5.41 Å². The third-order valence-corrected chi connectivity index (χ3v) is 2.52. The second-order valence-corrected chi connectivity index (χ2v) is 3.98. The smallest absolute Gasteiger partial charge is 0.122 e. The van der Waals surface area contributed by atoms with Crippen LogP contribution < -0.4 is 10.5 Å². The van der Waals surface area contributed by atoms with E-state index in [2.05, 4.69) is 15.9 Å². The van der Waals surface area contributed by atoms with Crippen molar-refractivity contribution >= 4 is 21.8 Å². The van der Waals surface area contributed by atoms with E-state index in [0.717, 1.165) is 36.1 Å². The van der Waals surface area contributed by atoms with Gasteiger partial charge in [0.15, 0.2) is 0 Å². The first-order valence-electron chi connectivity index (χ1n) is 4.87. The van der Waals surface area contributed by atoms with Crippen LogP contribution in [0.25, 0.3) is 0 Å². The maximum atomic E-state index is 7.23. The summed E-state index contributed by atoms with van der Waals surface area (Å²) in [6.07, 6.45) is 2.16. The number of nitrogens with two attached hydrogens (primary N) is 1. The molecule has 0 heterocycles. The highest BCUT2D eigenvalue weighted by atomic mass is 79.9. The summed E-state index contributed by atoms with van der Waals surface area (Å²) in [7, 11) is 0. The molecule has 0 bridgehead atoms. The van der Waals surface area contributed by atoms with Gasteiger partial charge in [0.25, 0.3) is 0 Å². The Kier molecular flexibility index (Phi) is 5.18. The lowest BCUT2D eigenvalue weighted by Crippen LogP contribution is -2.10. The molecule has 0 aromatic heterocycles. The number of nitrogen functional groups attached to an aromatic ring is 1. The minimum Gasteiger partial charge on any atom is -0.494 e. The highest BCUT2D eigenvalue weighted by molar-refractivity contribution is 9.09. The number of hydrogen-bond acceptors (Lipinski definition) is 2. The van der Waals surface area contributed by atoms with Crippen LogP contribution in [0.15, 0.2) is 24.3 Å². The predicted molar refractivity (Wildman–Crippen MR) is 66.0 cm³/mol. The van der Waals surface area contributed by atoms with Crippen LogP contribution in [0.3, 0.4) is 0 Å². The molecule has 1 aromatic carbocycles. The van der Waals surface area contributed by atoms with Crippen molar-refractivity contribution < 1.29 is 4.74 Å². The second kappa shape index (κ2) is 6.45. The zero-order chi connectivity index (χ0) is 11.1. The van der Waals surface area contributed by atoms with Gasteiger partial charge in [-0.05, 0) is 37.1 Å². The molecule has 0 spiro atoms. The number of halogens is 1. The zero-order valence-electron chi connectivity index (χ0n) is 8.50. The van der Waals surface area contributed by atoms with E-state index >= 15 is 0 Å². The number of unbranched alkanes of at least 4 members (excludes halogenated alkanes) is 1. The summed E-state index contributed by atoms with van der Waals surface area (Å²) < 4.78 is 5.51. The third-order valence-electron chi connectivity index (χ3n) is 1.96. The largest absolute Gasteiger partial charge is 0.494 e. The lowest BCUT2D eigenvalue weighted by atomic mass is 10.2. The monoisotopic (exact) mass is 270 g/mol. The zero-order valence-corrected chi connectivity index (χ0v) is 10.1. The molecule has 0 saturated heterocycles. The van der Waals surface area contributed by atoms with Crippen molar-refractivity contribution in [2.45, 2.75) is 12.8 Å². The molecule has 3 N–H and O–H groups in total. The minimum atomic E-state index is 0.0841.